The molecule has 15 heavy (non-hydrogen) atoms. The van der Waals surface area contributed by atoms with Crippen LogP contribution in [0.5, 0.6) is 0 Å². The van der Waals surface area contributed by atoms with Crippen molar-refractivity contribution in [3.05, 3.63) is 0 Å². The van der Waals surface area contributed by atoms with Crippen molar-refractivity contribution in [3.63, 3.8) is 0 Å². The summed E-state index contributed by atoms with van der Waals surface area (Å²) in [5.41, 5.74) is 0. The molecule has 1 atom stereocenters. The van der Waals surface area contributed by atoms with Gasteiger partial charge in [-0.25, -0.2) is 0 Å². The first-order valence-corrected chi connectivity index (χ1v) is 6.76. The zero-order valence-corrected chi connectivity index (χ0v) is 10.2. The Morgan fingerprint density at radius 2 is 1.93 bits per heavy atom. The molecule has 0 aromatic rings. The molecule has 1 aliphatic carbocycles. The molecule has 1 N–H and O–H groups in total. The fourth-order valence-corrected chi connectivity index (χ4v) is 2.72. The normalized spacial score (nSPS) is 29.8. The van der Waals surface area contributed by atoms with Gasteiger partial charge >= 0.3 is 0 Å². The Morgan fingerprint density at radius 1 is 1.07 bits per heavy atom. The number of nitrogens with one attached hydrogen (secondary N) is 1. The summed E-state index contributed by atoms with van der Waals surface area (Å²) in [6.45, 7) is 3.83. The monoisotopic (exact) mass is 210 g/mol. The van der Waals surface area contributed by atoms with E-state index in [4.69, 9.17) is 0 Å². The molecule has 0 aromatic carbocycles. The van der Waals surface area contributed by atoms with Gasteiger partial charge in [-0.15, -0.1) is 0 Å². The quantitative estimate of drug-likeness (QED) is 0.765. The van der Waals surface area contributed by atoms with Crippen molar-refractivity contribution in [1.29, 1.82) is 0 Å². The zero-order valence-electron chi connectivity index (χ0n) is 10.2. The summed E-state index contributed by atoms with van der Waals surface area (Å²) in [4.78, 5) is 2.47. The molecular weight excluding hydrogens is 184 g/mol. The molecule has 0 amide bonds. The van der Waals surface area contributed by atoms with E-state index in [9.17, 15) is 0 Å². The largest absolute Gasteiger partial charge is 0.314 e. The minimum Gasteiger partial charge on any atom is -0.314 e. The van der Waals surface area contributed by atoms with E-state index in [1.807, 2.05) is 0 Å². The van der Waals surface area contributed by atoms with Gasteiger partial charge in [0.2, 0.25) is 0 Å². The number of hydrogen-bond donors (Lipinski definition) is 1. The van der Waals surface area contributed by atoms with E-state index >= 15 is 0 Å². The van der Waals surface area contributed by atoms with Crippen molar-refractivity contribution in [2.45, 2.75) is 51.0 Å². The van der Waals surface area contributed by atoms with Crippen LogP contribution in [0.25, 0.3) is 0 Å². The van der Waals surface area contributed by atoms with Crippen LogP contribution in [0.15, 0.2) is 0 Å². The number of likely N-dealkylation sites (tertiary alicyclic amines) is 1. The lowest BCUT2D eigenvalue weighted by molar-refractivity contribution is 0.284. The first kappa shape index (κ1) is 11.4. The van der Waals surface area contributed by atoms with Crippen molar-refractivity contribution < 1.29 is 0 Å². The highest BCUT2D eigenvalue weighted by atomic mass is 15.1. The Bertz CT molecular complexity index is 177. The maximum Gasteiger partial charge on any atom is 0.00797 e. The van der Waals surface area contributed by atoms with Crippen molar-refractivity contribution in [3.8, 4) is 0 Å². The van der Waals surface area contributed by atoms with Gasteiger partial charge in [0.15, 0.2) is 0 Å². The third-order valence-corrected chi connectivity index (χ3v) is 4.16. The molecule has 1 saturated heterocycles. The van der Waals surface area contributed by atoms with Crippen molar-refractivity contribution in [2.24, 2.45) is 5.92 Å². The van der Waals surface area contributed by atoms with Gasteiger partial charge in [0.05, 0.1) is 0 Å². The number of hydrogen-bond acceptors (Lipinski definition) is 2. The highest BCUT2D eigenvalue weighted by Gasteiger charge is 2.18. The summed E-state index contributed by atoms with van der Waals surface area (Å²) in [6, 6.07) is 0.801. The lowest BCUT2D eigenvalue weighted by Crippen LogP contribution is -2.32. The van der Waals surface area contributed by atoms with Gasteiger partial charge in [-0.1, -0.05) is 19.3 Å². The van der Waals surface area contributed by atoms with Crippen LogP contribution in [-0.2, 0) is 0 Å². The summed E-state index contributed by atoms with van der Waals surface area (Å²) in [5, 5.41) is 3.75. The van der Waals surface area contributed by atoms with Crippen LogP contribution < -0.4 is 5.32 Å². The van der Waals surface area contributed by atoms with Crippen molar-refractivity contribution in [1.82, 2.24) is 10.2 Å². The summed E-state index contributed by atoms with van der Waals surface area (Å²) in [7, 11) is 2.25. The molecule has 0 radical (unpaired) electrons. The predicted octanol–water partition coefficient (Wildman–Crippen LogP) is 2.25. The highest BCUT2D eigenvalue weighted by molar-refractivity contribution is 4.75. The van der Waals surface area contributed by atoms with Crippen LogP contribution in [0.1, 0.15) is 44.9 Å². The summed E-state index contributed by atoms with van der Waals surface area (Å²) < 4.78 is 0. The van der Waals surface area contributed by atoms with E-state index in [0.717, 1.165) is 12.0 Å². The van der Waals surface area contributed by atoms with E-state index in [1.165, 1.54) is 64.6 Å². The fourth-order valence-electron chi connectivity index (χ4n) is 2.72. The number of nitrogens with zero attached hydrogens (tertiary/aromatic N) is 1. The van der Waals surface area contributed by atoms with Crippen LogP contribution in [-0.4, -0.2) is 37.6 Å². The van der Waals surface area contributed by atoms with Gasteiger partial charge in [0.1, 0.15) is 0 Å². The topological polar surface area (TPSA) is 15.3 Å². The lowest BCUT2D eigenvalue weighted by Gasteiger charge is -2.26. The molecule has 1 heterocycles. The average molecular weight is 210 g/mol. The zero-order chi connectivity index (χ0) is 10.5. The van der Waals surface area contributed by atoms with Crippen LogP contribution in [0.3, 0.4) is 0 Å². The standard InChI is InChI=1S/C13H26N2/c1-15-10-3-6-13(8-11-15)14-9-7-12-4-2-5-12/h12-14H,2-11H2,1H3. The molecule has 2 heteroatoms. The second-order valence-corrected chi connectivity index (χ2v) is 5.47. The Balaban J connectivity index is 1.56. The van der Waals surface area contributed by atoms with Crippen LogP contribution >= 0.6 is 0 Å². The summed E-state index contributed by atoms with van der Waals surface area (Å²) >= 11 is 0. The van der Waals surface area contributed by atoms with Crippen molar-refractivity contribution >= 4 is 0 Å². The third-order valence-electron chi connectivity index (χ3n) is 4.16. The summed E-state index contributed by atoms with van der Waals surface area (Å²) in [5.74, 6) is 1.06. The molecule has 0 bridgehead atoms. The molecule has 0 spiro atoms. The molecule has 88 valence electrons. The van der Waals surface area contributed by atoms with Gasteiger partial charge in [-0.2, -0.15) is 0 Å². The fraction of sp³-hybridized carbons (Fsp3) is 1.00. The SMILES string of the molecule is CN1CCCC(NCCC2CCC2)CC1. The summed E-state index contributed by atoms with van der Waals surface area (Å²) in [6.07, 6.45) is 10.0. The van der Waals surface area contributed by atoms with E-state index in [1.54, 1.807) is 0 Å². The Hall–Kier alpha value is -0.0800. The van der Waals surface area contributed by atoms with Gasteiger partial charge in [0, 0.05) is 6.04 Å². The minimum absolute atomic E-state index is 0.801. The molecule has 2 aliphatic rings. The molecule has 2 rings (SSSR count). The first-order valence-electron chi connectivity index (χ1n) is 6.76. The van der Waals surface area contributed by atoms with Crippen LogP contribution in [0.4, 0.5) is 0 Å². The molecule has 2 nitrogen and oxygen atoms in total. The average Bonchev–Trinajstić information content (AvgIpc) is 2.35. The van der Waals surface area contributed by atoms with Gasteiger partial charge in [-0.3, -0.25) is 0 Å². The van der Waals surface area contributed by atoms with E-state index < -0.39 is 0 Å². The van der Waals surface area contributed by atoms with Gasteiger partial charge < -0.3 is 10.2 Å². The maximum atomic E-state index is 3.75. The van der Waals surface area contributed by atoms with Gasteiger partial charge in [0.25, 0.3) is 0 Å². The Labute approximate surface area is 94.4 Å². The molecule has 2 fully saturated rings. The lowest BCUT2D eigenvalue weighted by atomic mass is 9.83. The molecule has 1 saturated carbocycles. The smallest absolute Gasteiger partial charge is 0.00797 e. The highest BCUT2D eigenvalue weighted by Crippen LogP contribution is 2.28. The number of rotatable bonds is 4. The predicted molar refractivity (Wildman–Crippen MR) is 65.1 cm³/mol. The van der Waals surface area contributed by atoms with E-state index in [-0.39, 0.29) is 0 Å². The maximum absolute atomic E-state index is 3.75. The first-order chi connectivity index (χ1) is 7.34. The molecule has 1 aliphatic heterocycles. The minimum atomic E-state index is 0.801. The third kappa shape index (κ3) is 3.76. The molecular formula is C13H26N2. The van der Waals surface area contributed by atoms with Gasteiger partial charge in [-0.05, 0) is 58.3 Å². The molecule has 1 unspecified atom stereocenters. The van der Waals surface area contributed by atoms with Crippen molar-refractivity contribution in [2.75, 3.05) is 26.7 Å². The van der Waals surface area contributed by atoms with E-state index in [2.05, 4.69) is 17.3 Å². The molecule has 0 aromatic heterocycles. The second-order valence-electron chi connectivity index (χ2n) is 5.47. The second kappa shape index (κ2) is 5.86. The van der Waals surface area contributed by atoms with E-state index in [0.29, 0.717) is 0 Å². The van der Waals surface area contributed by atoms with Crippen LogP contribution in [0.2, 0.25) is 0 Å². The van der Waals surface area contributed by atoms with Crippen LogP contribution in [0, 0.1) is 5.92 Å². The Kier molecular flexibility index (Phi) is 4.45. The Morgan fingerprint density at radius 3 is 2.67 bits per heavy atom.